The fraction of sp³-hybridized carbons (Fsp3) is 0.304. The summed E-state index contributed by atoms with van der Waals surface area (Å²) in [6.45, 7) is 1.71. The zero-order valence-electron chi connectivity index (χ0n) is 18.0. The number of amides is 2. The molecule has 3 aromatic heterocycles. The third-order valence-electron chi connectivity index (χ3n) is 5.84. The predicted molar refractivity (Wildman–Crippen MR) is 123 cm³/mol. The second kappa shape index (κ2) is 9.14. The van der Waals surface area contributed by atoms with Crippen LogP contribution in [-0.4, -0.2) is 48.8 Å². The molecule has 0 radical (unpaired) electrons. The van der Waals surface area contributed by atoms with Crippen LogP contribution in [0.5, 0.6) is 0 Å². The van der Waals surface area contributed by atoms with Crippen molar-refractivity contribution in [3.05, 3.63) is 65.5 Å². The minimum absolute atomic E-state index is 0.0576. The number of nitrogens with zero attached hydrogens (tertiary/aromatic N) is 4. The molecule has 9 nitrogen and oxygen atoms in total. The number of H-pyrrole nitrogens is 1. The number of aryl methyl sites for hydroxylation is 1. The van der Waals surface area contributed by atoms with E-state index in [1.165, 1.54) is 28.4 Å². The van der Waals surface area contributed by atoms with E-state index in [4.69, 9.17) is 10.2 Å². The molecule has 10 heteroatoms. The lowest BCUT2D eigenvalue weighted by Gasteiger charge is -2.27. The van der Waals surface area contributed by atoms with Crippen LogP contribution in [0.3, 0.4) is 0 Å². The van der Waals surface area contributed by atoms with Gasteiger partial charge in [-0.2, -0.15) is 0 Å². The number of furan rings is 1. The van der Waals surface area contributed by atoms with Gasteiger partial charge in [0.2, 0.25) is 11.8 Å². The molecular formula is C23H24N6O3S. The van der Waals surface area contributed by atoms with Crippen molar-refractivity contribution in [1.29, 1.82) is 0 Å². The fourth-order valence-corrected chi connectivity index (χ4v) is 5.02. The van der Waals surface area contributed by atoms with Gasteiger partial charge in [0.15, 0.2) is 5.16 Å². The Bertz CT molecular complexity index is 1290. The molecule has 5 rings (SSSR count). The normalized spacial score (nSPS) is 13.4. The second-order valence-electron chi connectivity index (χ2n) is 8.01. The van der Waals surface area contributed by atoms with E-state index in [-0.39, 0.29) is 18.1 Å². The van der Waals surface area contributed by atoms with Gasteiger partial charge in [0, 0.05) is 54.5 Å². The van der Waals surface area contributed by atoms with Gasteiger partial charge in [0.1, 0.15) is 11.6 Å². The maximum Gasteiger partial charge on any atom is 0.233 e. The molecule has 1 aromatic carbocycles. The highest BCUT2D eigenvalue weighted by Crippen LogP contribution is 2.28. The Kier molecular flexibility index (Phi) is 5.91. The van der Waals surface area contributed by atoms with E-state index < -0.39 is 5.91 Å². The number of para-hydroxylation sites is 1. The van der Waals surface area contributed by atoms with E-state index >= 15 is 0 Å². The van der Waals surface area contributed by atoms with Gasteiger partial charge in [-0.3, -0.25) is 14.2 Å². The number of carbonyl (C=O) groups is 2. The topological polar surface area (TPSA) is 123 Å². The maximum absolute atomic E-state index is 13.0. The number of rotatable bonds is 8. The van der Waals surface area contributed by atoms with Crippen LogP contribution >= 0.6 is 11.8 Å². The lowest BCUT2D eigenvalue weighted by Crippen LogP contribution is -2.37. The molecule has 2 amide bonds. The first-order valence-electron chi connectivity index (χ1n) is 10.8. The van der Waals surface area contributed by atoms with Gasteiger partial charge in [-0.1, -0.05) is 30.0 Å². The molecule has 1 aliphatic rings. The SMILES string of the molecule is NC(=O)CCc1nnc(SCC(=O)N2CCc3[nH]c4ccccc4c3C2)n1Cc1ccco1. The Balaban J connectivity index is 1.28. The predicted octanol–water partition coefficient (Wildman–Crippen LogP) is 2.50. The van der Waals surface area contributed by atoms with E-state index in [1.54, 1.807) is 6.26 Å². The van der Waals surface area contributed by atoms with Crippen LogP contribution in [0.4, 0.5) is 0 Å². The van der Waals surface area contributed by atoms with Gasteiger partial charge in [0.25, 0.3) is 0 Å². The monoisotopic (exact) mass is 464 g/mol. The highest BCUT2D eigenvalue weighted by molar-refractivity contribution is 7.99. The number of hydrogen-bond donors (Lipinski definition) is 2. The third kappa shape index (κ3) is 4.51. The molecule has 0 atom stereocenters. The van der Waals surface area contributed by atoms with Gasteiger partial charge < -0.3 is 20.0 Å². The summed E-state index contributed by atoms with van der Waals surface area (Å²) in [6.07, 6.45) is 2.98. The lowest BCUT2D eigenvalue weighted by atomic mass is 10.0. The Morgan fingerprint density at radius 1 is 1.18 bits per heavy atom. The average Bonchev–Trinajstić information content (AvgIpc) is 3.55. The molecule has 33 heavy (non-hydrogen) atoms. The van der Waals surface area contributed by atoms with Crippen molar-refractivity contribution in [1.82, 2.24) is 24.6 Å². The van der Waals surface area contributed by atoms with Gasteiger partial charge in [-0.05, 0) is 18.2 Å². The van der Waals surface area contributed by atoms with Crippen LogP contribution in [0, 0.1) is 0 Å². The Morgan fingerprint density at radius 3 is 2.88 bits per heavy atom. The summed E-state index contributed by atoms with van der Waals surface area (Å²) in [7, 11) is 0. The number of aromatic nitrogens is 4. The summed E-state index contributed by atoms with van der Waals surface area (Å²) in [5.41, 5.74) is 8.83. The molecular weight excluding hydrogens is 440 g/mol. The van der Waals surface area contributed by atoms with Crippen molar-refractivity contribution >= 4 is 34.5 Å². The molecule has 0 unspecified atom stereocenters. The Labute approximate surface area is 194 Å². The molecule has 1 aliphatic heterocycles. The minimum Gasteiger partial charge on any atom is -0.467 e. The van der Waals surface area contributed by atoms with Crippen LogP contribution in [0.25, 0.3) is 10.9 Å². The number of hydrogen-bond acceptors (Lipinski definition) is 6. The zero-order chi connectivity index (χ0) is 22.8. The number of fused-ring (bicyclic) bond motifs is 3. The highest BCUT2D eigenvalue weighted by atomic mass is 32.2. The average molecular weight is 465 g/mol. The van der Waals surface area contributed by atoms with Crippen molar-refractivity contribution in [3.8, 4) is 0 Å². The summed E-state index contributed by atoms with van der Waals surface area (Å²) >= 11 is 1.35. The van der Waals surface area contributed by atoms with E-state index in [1.807, 2.05) is 33.7 Å². The smallest absolute Gasteiger partial charge is 0.233 e. The summed E-state index contributed by atoms with van der Waals surface area (Å²) in [5.74, 6) is 1.30. The van der Waals surface area contributed by atoms with Crippen molar-refractivity contribution in [2.75, 3.05) is 12.3 Å². The number of aromatic amines is 1. The Morgan fingerprint density at radius 2 is 2.06 bits per heavy atom. The first kappa shape index (κ1) is 21.3. The van der Waals surface area contributed by atoms with Gasteiger partial charge in [-0.25, -0.2) is 0 Å². The molecule has 0 saturated carbocycles. The van der Waals surface area contributed by atoms with Crippen molar-refractivity contribution in [2.45, 2.75) is 37.5 Å². The lowest BCUT2D eigenvalue weighted by molar-refractivity contribution is -0.129. The molecule has 170 valence electrons. The van der Waals surface area contributed by atoms with Crippen LogP contribution in [-0.2, 0) is 35.5 Å². The second-order valence-corrected chi connectivity index (χ2v) is 8.95. The molecule has 0 saturated heterocycles. The molecule has 0 spiro atoms. The van der Waals surface area contributed by atoms with Crippen LogP contribution in [0.2, 0.25) is 0 Å². The first-order valence-corrected chi connectivity index (χ1v) is 11.8. The van der Waals surface area contributed by atoms with E-state index in [0.717, 1.165) is 17.7 Å². The van der Waals surface area contributed by atoms with Crippen LogP contribution in [0.1, 0.15) is 29.3 Å². The summed E-state index contributed by atoms with van der Waals surface area (Å²) in [5, 5.41) is 10.3. The van der Waals surface area contributed by atoms with Crippen LogP contribution < -0.4 is 5.73 Å². The maximum atomic E-state index is 13.0. The summed E-state index contributed by atoms with van der Waals surface area (Å²) in [6, 6.07) is 11.9. The molecule has 3 N–H and O–H groups in total. The quantitative estimate of drug-likeness (QED) is 0.386. The fourth-order valence-electron chi connectivity index (χ4n) is 4.16. The number of nitrogens with one attached hydrogen (secondary N) is 1. The summed E-state index contributed by atoms with van der Waals surface area (Å²) < 4.78 is 7.35. The number of benzene rings is 1. The number of thioether (sulfide) groups is 1. The minimum atomic E-state index is -0.395. The standard InChI is InChI=1S/C23H24N6O3S/c24-20(30)7-8-21-26-27-23(29(21)12-15-4-3-11-32-15)33-14-22(31)28-10-9-19-17(13-28)16-5-1-2-6-18(16)25-19/h1-6,11,25H,7-10,12-14H2,(H2,24,30). The summed E-state index contributed by atoms with van der Waals surface area (Å²) in [4.78, 5) is 29.7. The Hall–Kier alpha value is -3.53. The van der Waals surface area contributed by atoms with Gasteiger partial charge in [0.05, 0.1) is 18.6 Å². The van der Waals surface area contributed by atoms with E-state index in [0.29, 0.717) is 37.0 Å². The first-order chi connectivity index (χ1) is 16.1. The molecule has 0 fully saturated rings. The van der Waals surface area contributed by atoms with Crippen molar-refractivity contribution < 1.29 is 14.0 Å². The molecule has 4 heterocycles. The molecule has 4 aromatic rings. The van der Waals surface area contributed by atoms with Crippen molar-refractivity contribution in [3.63, 3.8) is 0 Å². The highest BCUT2D eigenvalue weighted by Gasteiger charge is 2.25. The largest absolute Gasteiger partial charge is 0.467 e. The molecule has 0 bridgehead atoms. The number of primary amides is 1. The van der Waals surface area contributed by atoms with Crippen LogP contribution in [0.15, 0.2) is 52.2 Å². The molecule has 0 aliphatic carbocycles. The number of carbonyl (C=O) groups excluding carboxylic acids is 2. The van der Waals surface area contributed by atoms with E-state index in [2.05, 4.69) is 27.3 Å². The van der Waals surface area contributed by atoms with Gasteiger partial charge >= 0.3 is 0 Å². The van der Waals surface area contributed by atoms with E-state index in [9.17, 15) is 9.59 Å². The number of nitrogens with two attached hydrogens (primary N) is 1. The van der Waals surface area contributed by atoms with Gasteiger partial charge in [-0.15, -0.1) is 10.2 Å². The van der Waals surface area contributed by atoms with Crippen molar-refractivity contribution in [2.24, 2.45) is 5.73 Å². The zero-order valence-corrected chi connectivity index (χ0v) is 18.8. The third-order valence-corrected chi connectivity index (χ3v) is 6.79.